The molecule has 2 aromatic carbocycles. The van der Waals surface area contributed by atoms with Gasteiger partial charge in [0.15, 0.2) is 11.5 Å². The Balaban J connectivity index is 1.33. The lowest BCUT2D eigenvalue weighted by molar-refractivity contribution is -0.139. The van der Waals surface area contributed by atoms with Crippen molar-refractivity contribution in [2.24, 2.45) is 5.92 Å². The van der Waals surface area contributed by atoms with Crippen LogP contribution in [0.5, 0.6) is 11.5 Å². The van der Waals surface area contributed by atoms with Crippen LogP contribution in [0.25, 0.3) is 10.9 Å². The van der Waals surface area contributed by atoms with Gasteiger partial charge in [-0.2, -0.15) is 4.98 Å². The largest absolute Gasteiger partial charge is 0.493 e. The number of benzene rings is 2. The van der Waals surface area contributed by atoms with Crippen molar-refractivity contribution < 1.29 is 28.7 Å². The predicted octanol–water partition coefficient (Wildman–Crippen LogP) is 4.63. The number of unbranched alkanes of at least 4 members (excludes halogenated alkanes) is 1. The van der Waals surface area contributed by atoms with Gasteiger partial charge in [-0.3, -0.25) is 19.2 Å². The fraction of sp³-hybridized carbons (Fsp3) is 0.486. The van der Waals surface area contributed by atoms with Crippen LogP contribution in [-0.2, 0) is 14.4 Å². The minimum absolute atomic E-state index is 0.0889. The first-order valence-corrected chi connectivity index (χ1v) is 17.5. The number of carbonyl (C=O) groups is 4. The molecule has 2 fully saturated rings. The van der Waals surface area contributed by atoms with Crippen molar-refractivity contribution in [3.8, 4) is 11.5 Å². The van der Waals surface area contributed by atoms with E-state index < -0.39 is 12.0 Å². The van der Waals surface area contributed by atoms with Gasteiger partial charge >= 0.3 is 0 Å². The highest BCUT2D eigenvalue weighted by atomic mass is 32.2. The van der Waals surface area contributed by atoms with E-state index in [4.69, 9.17) is 19.4 Å². The van der Waals surface area contributed by atoms with E-state index in [-0.39, 0.29) is 22.8 Å². The first-order chi connectivity index (χ1) is 23.2. The third kappa shape index (κ3) is 8.00. The highest BCUT2D eigenvalue weighted by Crippen LogP contribution is 2.36. The zero-order valence-electron chi connectivity index (χ0n) is 28.1. The average molecular weight is 677 g/mol. The molecule has 256 valence electrons. The second-order valence-electron chi connectivity index (χ2n) is 12.1. The molecule has 0 aliphatic carbocycles. The molecule has 2 aliphatic rings. The Kier molecular flexibility index (Phi) is 11.7. The van der Waals surface area contributed by atoms with Crippen LogP contribution < -0.4 is 19.7 Å². The van der Waals surface area contributed by atoms with Gasteiger partial charge in [0.05, 0.1) is 19.7 Å². The molecule has 13 heteroatoms. The zero-order chi connectivity index (χ0) is 34.2. The van der Waals surface area contributed by atoms with E-state index in [9.17, 15) is 19.2 Å². The summed E-state index contributed by atoms with van der Waals surface area (Å²) >= 11 is 1.11. The predicted molar refractivity (Wildman–Crippen MR) is 187 cm³/mol. The normalized spacial score (nSPS) is 16.9. The summed E-state index contributed by atoms with van der Waals surface area (Å²) < 4.78 is 11.1. The fourth-order valence-electron chi connectivity index (χ4n) is 6.04. The number of methoxy groups -OCH3 is 2. The Bertz CT molecular complexity index is 1630. The van der Waals surface area contributed by atoms with Gasteiger partial charge in [0, 0.05) is 67.8 Å². The SMILES string of the molecule is CCCCC(=O)N1CCN(c2nc(NC(=O)C3CCCN3C(=O)C(C)CSC(=O)c3ccccc3)c3cc(OC)c(OC)cc3n2)CC1. The molecule has 2 unspecified atom stereocenters. The molecular formula is C35H44N6O6S. The molecule has 0 radical (unpaired) electrons. The molecule has 5 rings (SSSR count). The number of likely N-dealkylation sites (tertiary alicyclic amines) is 1. The summed E-state index contributed by atoms with van der Waals surface area (Å²) in [5.41, 5.74) is 1.15. The molecule has 1 N–H and O–H groups in total. The third-order valence-electron chi connectivity index (χ3n) is 8.82. The number of aromatic nitrogens is 2. The van der Waals surface area contributed by atoms with Crippen molar-refractivity contribution in [1.29, 1.82) is 0 Å². The Morgan fingerprint density at radius 1 is 0.979 bits per heavy atom. The van der Waals surface area contributed by atoms with Crippen LogP contribution in [0.2, 0.25) is 0 Å². The summed E-state index contributed by atoms with van der Waals surface area (Å²) in [5, 5.41) is 3.49. The third-order valence-corrected chi connectivity index (χ3v) is 9.99. The maximum Gasteiger partial charge on any atom is 0.248 e. The van der Waals surface area contributed by atoms with E-state index in [0.29, 0.717) is 97.5 Å². The lowest BCUT2D eigenvalue weighted by atomic mass is 10.1. The summed E-state index contributed by atoms with van der Waals surface area (Å²) in [6.07, 6.45) is 3.60. The van der Waals surface area contributed by atoms with E-state index in [1.54, 1.807) is 43.2 Å². The second-order valence-corrected chi connectivity index (χ2v) is 13.1. The number of fused-ring (bicyclic) bond motifs is 1. The van der Waals surface area contributed by atoms with Crippen molar-refractivity contribution in [3.05, 3.63) is 48.0 Å². The standard InChI is InChI=1S/C35H44N6O6S/c1-5-6-14-30(42)39-16-18-40(19-17-39)35-36-26-21-29(47-4)28(46-3)20-25(26)31(38-35)37-32(43)27-13-10-15-41(27)33(44)23(2)22-48-34(45)24-11-8-7-9-12-24/h7-9,11-12,20-21,23,27H,5-6,10,13-19,22H2,1-4H3,(H,36,37,38,43). The number of anilines is 2. The maximum atomic E-state index is 13.9. The molecule has 1 aromatic heterocycles. The summed E-state index contributed by atoms with van der Waals surface area (Å²) in [7, 11) is 3.08. The Morgan fingerprint density at radius 3 is 2.38 bits per heavy atom. The zero-order valence-corrected chi connectivity index (χ0v) is 28.9. The molecule has 3 amide bonds. The minimum Gasteiger partial charge on any atom is -0.493 e. The summed E-state index contributed by atoms with van der Waals surface area (Å²) in [6, 6.07) is 11.8. The molecule has 0 bridgehead atoms. The van der Waals surface area contributed by atoms with Gasteiger partial charge < -0.3 is 29.5 Å². The van der Waals surface area contributed by atoms with E-state index in [0.717, 1.165) is 24.6 Å². The van der Waals surface area contributed by atoms with Crippen LogP contribution in [0.3, 0.4) is 0 Å². The van der Waals surface area contributed by atoms with Crippen molar-refractivity contribution in [1.82, 2.24) is 19.8 Å². The Hall–Kier alpha value is -4.39. The first-order valence-electron chi connectivity index (χ1n) is 16.5. The van der Waals surface area contributed by atoms with Crippen LogP contribution in [0, 0.1) is 5.92 Å². The molecular weight excluding hydrogens is 632 g/mol. The van der Waals surface area contributed by atoms with Crippen LogP contribution in [0.15, 0.2) is 42.5 Å². The number of piperazine rings is 1. The van der Waals surface area contributed by atoms with Crippen LogP contribution >= 0.6 is 11.8 Å². The smallest absolute Gasteiger partial charge is 0.248 e. The monoisotopic (exact) mass is 676 g/mol. The second kappa shape index (κ2) is 16.1. The molecule has 3 heterocycles. The van der Waals surface area contributed by atoms with Crippen molar-refractivity contribution in [3.63, 3.8) is 0 Å². The average Bonchev–Trinajstić information content (AvgIpc) is 3.62. The lowest BCUT2D eigenvalue weighted by Crippen LogP contribution is -2.49. The number of nitrogens with one attached hydrogen (secondary N) is 1. The van der Waals surface area contributed by atoms with Crippen LogP contribution in [0.1, 0.15) is 56.3 Å². The minimum atomic E-state index is -0.680. The molecule has 2 atom stereocenters. The van der Waals surface area contributed by atoms with E-state index in [1.165, 1.54) is 7.11 Å². The number of thioether (sulfide) groups is 1. The van der Waals surface area contributed by atoms with Gasteiger partial charge in [-0.1, -0.05) is 62.4 Å². The van der Waals surface area contributed by atoms with Crippen molar-refractivity contribution >= 4 is 57.3 Å². The molecule has 48 heavy (non-hydrogen) atoms. The van der Waals surface area contributed by atoms with E-state index in [2.05, 4.69) is 12.2 Å². The van der Waals surface area contributed by atoms with Gasteiger partial charge in [0.1, 0.15) is 11.9 Å². The van der Waals surface area contributed by atoms with Crippen LogP contribution in [-0.4, -0.2) is 101 Å². The first kappa shape index (κ1) is 34.9. The maximum absolute atomic E-state index is 13.9. The number of rotatable bonds is 12. The van der Waals surface area contributed by atoms with Gasteiger partial charge in [-0.25, -0.2) is 4.98 Å². The number of carbonyl (C=O) groups excluding carboxylic acids is 4. The molecule has 0 spiro atoms. The number of amides is 3. The van der Waals surface area contributed by atoms with E-state index >= 15 is 0 Å². The van der Waals surface area contributed by atoms with Crippen LogP contribution in [0.4, 0.5) is 11.8 Å². The highest BCUT2D eigenvalue weighted by molar-refractivity contribution is 8.14. The van der Waals surface area contributed by atoms with Gasteiger partial charge in [0.25, 0.3) is 0 Å². The van der Waals surface area contributed by atoms with E-state index in [1.807, 2.05) is 28.0 Å². The highest BCUT2D eigenvalue weighted by Gasteiger charge is 2.37. The van der Waals surface area contributed by atoms with Gasteiger partial charge in [-0.05, 0) is 25.3 Å². The summed E-state index contributed by atoms with van der Waals surface area (Å²) in [5.74, 6) is 1.21. The quantitative estimate of drug-likeness (QED) is 0.290. The molecule has 0 saturated carbocycles. The Labute approximate surface area is 285 Å². The molecule has 12 nitrogen and oxygen atoms in total. The van der Waals surface area contributed by atoms with Crippen molar-refractivity contribution in [2.75, 3.05) is 62.9 Å². The Morgan fingerprint density at radius 2 is 1.69 bits per heavy atom. The topological polar surface area (TPSA) is 134 Å². The number of hydrogen-bond acceptors (Lipinski definition) is 10. The molecule has 3 aromatic rings. The summed E-state index contributed by atoms with van der Waals surface area (Å²) in [6.45, 7) is 6.55. The molecule has 2 aliphatic heterocycles. The number of ether oxygens (including phenoxy) is 2. The number of hydrogen-bond donors (Lipinski definition) is 1. The van der Waals surface area contributed by atoms with Gasteiger partial charge in [0.2, 0.25) is 28.8 Å². The fourth-order valence-corrected chi connectivity index (χ4v) is 6.88. The summed E-state index contributed by atoms with van der Waals surface area (Å²) in [4.78, 5) is 67.8. The molecule has 2 saturated heterocycles. The van der Waals surface area contributed by atoms with Crippen molar-refractivity contribution in [2.45, 2.75) is 52.0 Å². The van der Waals surface area contributed by atoms with Gasteiger partial charge in [-0.15, -0.1) is 0 Å². The number of nitrogens with zero attached hydrogens (tertiary/aromatic N) is 5. The lowest BCUT2D eigenvalue weighted by Gasteiger charge is -2.35.